The fourth-order valence-electron chi connectivity index (χ4n) is 2.45. The lowest BCUT2D eigenvalue weighted by Gasteiger charge is -2.08. The summed E-state index contributed by atoms with van der Waals surface area (Å²) >= 11 is 0. The van der Waals surface area contributed by atoms with E-state index in [0.29, 0.717) is 11.6 Å². The number of pyridine rings is 1. The van der Waals surface area contributed by atoms with Crippen molar-refractivity contribution < 1.29 is 9.66 Å². The largest absolute Gasteiger partial charge is 0.434 e. The zero-order chi connectivity index (χ0) is 14.8. The Bertz CT molecular complexity index is 703. The van der Waals surface area contributed by atoms with Crippen molar-refractivity contribution in [3.63, 3.8) is 0 Å². The van der Waals surface area contributed by atoms with Crippen molar-refractivity contribution in [1.29, 1.82) is 0 Å². The summed E-state index contributed by atoms with van der Waals surface area (Å²) in [4.78, 5) is 14.5. The average Bonchev–Trinajstić information content (AvgIpc) is 2.94. The number of anilines is 1. The number of aryl methyl sites for hydroxylation is 2. The molecule has 7 nitrogen and oxygen atoms in total. The lowest BCUT2D eigenvalue weighted by molar-refractivity contribution is -0.386. The molecule has 1 aromatic carbocycles. The van der Waals surface area contributed by atoms with Crippen LogP contribution in [0.25, 0.3) is 0 Å². The smallest absolute Gasteiger partial charge is 0.331 e. The number of nitrogen functional groups attached to an aromatic ring is 1. The molecule has 0 saturated heterocycles. The van der Waals surface area contributed by atoms with E-state index in [9.17, 15) is 10.1 Å². The third kappa shape index (κ3) is 2.63. The zero-order valence-electron chi connectivity index (χ0n) is 11.2. The Morgan fingerprint density at radius 2 is 2.05 bits per heavy atom. The first kappa shape index (κ1) is 13.3. The first-order valence-electron chi connectivity index (χ1n) is 6.59. The van der Waals surface area contributed by atoms with Crippen molar-refractivity contribution in [2.24, 2.45) is 5.84 Å². The van der Waals surface area contributed by atoms with Gasteiger partial charge in [-0.1, -0.05) is 6.07 Å². The maximum atomic E-state index is 11.0. The van der Waals surface area contributed by atoms with E-state index >= 15 is 0 Å². The second-order valence-electron chi connectivity index (χ2n) is 4.81. The van der Waals surface area contributed by atoms with Gasteiger partial charge in [0.05, 0.1) is 4.92 Å². The van der Waals surface area contributed by atoms with E-state index in [1.54, 1.807) is 6.07 Å². The van der Waals surface area contributed by atoms with E-state index in [0.717, 1.165) is 19.3 Å². The van der Waals surface area contributed by atoms with Crippen LogP contribution in [0.15, 0.2) is 30.3 Å². The second-order valence-corrected chi connectivity index (χ2v) is 4.81. The van der Waals surface area contributed by atoms with Gasteiger partial charge in [0.1, 0.15) is 11.6 Å². The molecule has 108 valence electrons. The Morgan fingerprint density at radius 3 is 2.81 bits per heavy atom. The van der Waals surface area contributed by atoms with E-state index in [-0.39, 0.29) is 11.6 Å². The van der Waals surface area contributed by atoms with Gasteiger partial charge < -0.3 is 10.2 Å². The van der Waals surface area contributed by atoms with Gasteiger partial charge in [0, 0.05) is 6.07 Å². The summed E-state index contributed by atoms with van der Waals surface area (Å²) in [6.45, 7) is 0. The monoisotopic (exact) mass is 286 g/mol. The molecule has 2 aromatic rings. The number of nitro groups is 1. The van der Waals surface area contributed by atoms with Crippen LogP contribution in [-0.4, -0.2) is 9.91 Å². The first-order valence-corrected chi connectivity index (χ1v) is 6.59. The average molecular weight is 286 g/mol. The molecule has 0 aliphatic heterocycles. The Labute approximate surface area is 120 Å². The third-order valence-corrected chi connectivity index (χ3v) is 3.47. The Morgan fingerprint density at radius 1 is 1.24 bits per heavy atom. The second kappa shape index (κ2) is 5.37. The minimum Gasteiger partial charge on any atom is -0.434 e. The lowest BCUT2D eigenvalue weighted by atomic mass is 10.1. The number of fused-ring (bicyclic) bond motifs is 1. The van der Waals surface area contributed by atoms with Gasteiger partial charge in [-0.2, -0.15) is 4.98 Å². The molecule has 1 aliphatic carbocycles. The van der Waals surface area contributed by atoms with E-state index in [2.05, 4.69) is 10.4 Å². The maximum Gasteiger partial charge on any atom is 0.331 e. The summed E-state index contributed by atoms with van der Waals surface area (Å²) in [6.07, 6.45) is 3.21. The summed E-state index contributed by atoms with van der Waals surface area (Å²) in [6, 6.07) is 8.45. The predicted molar refractivity (Wildman–Crippen MR) is 77.2 cm³/mol. The fraction of sp³-hybridized carbons (Fsp3) is 0.214. The van der Waals surface area contributed by atoms with Crippen molar-refractivity contribution >= 4 is 11.5 Å². The van der Waals surface area contributed by atoms with Crippen LogP contribution in [0.3, 0.4) is 0 Å². The third-order valence-electron chi connectivity index (χ3n) is 3.47. The van der Waals surface area contributed by atoms with Crippen molar-refractivity contribution in [3.8, 4) is 11.6 Å². The molecule has 3 rings (SSSR count). The number of aromatic nitrogens is 1. The highest BCUT2D eigenvalue weighted by molar-refractivity contribution is 5.50. The van der Waals surface area contributed by atoms with Crippen molar-refractivity contribution in [2.75, 3.05) is 5.43 Å². The summed E-state index contributed by atoms with van der Waals surface area (Å²) in [5, 5.41) is 11.0. The quantitative estimate of drug-likeness (QED) is 0.508. The van der Waals surface area contributed by atoms with Crippen LogP contribution >= 0.6 is 0 Å². The van der Waals surface area contributed by atoms with Gasteiger partial charge in [-0.05, 0) is 48.6 Å². The molecule has 3 N–H and O–H groups in total. The molecule has 0 saturated carbocycles. The highest BCUT2D eigenvalue weighted by atomic mass is 16.6. The van der Waals surface area contributed by atoms with Crippen LogP contribution in [0, 0.1) is 10.1 Å². The molecule has 7 heteroatoms. The van der Waals surface area contributed by atoms with Crippen molar-refractivity contribution in [1.82, 2.24) is 4.98 Å². The van der Waals surface area contributed by atoms with Gasteiger partial charge >= 0.3 is 11.6 Å². The normalized spacial score (nSPS) is 12.8. The lowest BCUT2D eigenvalue weighted by Crippen LogP contribution is -2.09. The molecule has 0 fully saturated rings. The summed E-state index contributed by atoms with van der Waals surface area (Å²) < 4.78 is 5.59. The number of ether oxygens (including phenoxy) is 1. The zero-order valence-corrected chi connectivity index (χ0v) is 11.2. The number of rotatable bonds is 4. The van der Waals surface area contributed by atoms with Gasteiger partial charge in [-0.3, -0.25) is 10.1 Å². The topological polar surface area (TPSA) is 103 Å². The van der Waals surface area contributed by atoms with Gasteiger partial charge in [-0.15, -0.1) is 0 Å². The fourth-order valence-corrected chi connectivity index (χ4v) is 2.45. The number of hydrogen-bond acceptors (Lipinski definition) is 6. The van der Waals surface area contributed by atoms with Crippen LogP contribution in [0.1, 0.15) is 17.5 Å². The number of nitrogens with one attached hydrogen (secondary N) is 1. The maximum absolute atomic E-state index is 11.0. The van der Waals surface area contributed by atoms with Crippen LogP contribution < -0.4 is 16.0 Å². The summed E-state index contributed by atoms with van der Waals surface area (Å²) in [5.74, 6) is 6.04. The SMILES string of the molecule is NNc1ccc([N+](=O)[O-])c(Oc2ccc3c(c2)CCC3)n1. The number of hydrazine groups is 1. The highest BCUT2D eigenvalue weighted by Crippen LogP contribution is 2.33. The Balaban J connectivity index is 1.95. The standard InChI is InChI=1S/C14H14N4O3/c15-17-13-7-6-12(18(19)20)14(16-13)21-11-5-4-9-2-1-3-10(9)8-11/h4-8H,1-3,15H2,(H,16,17). The van der Waals surface area contributed by atoms with Gasteiger partial charge in [0.15, 0.2) is 0 Å². The van der Waals surface area contributed by atoms with Crippen LogP contribution in [0.2, 0.25) is 0 Å². The summed E-state index contributed by atoms with van der Waals surface area (Å²) in [5.41, 5.74) is 4.68. The molecule has 0 bridgehead atoms. The van der Waals surface area contributed by atoms with Gasteiger partial charge in [0.2, 0.25) is 0 Å². The molecular formula is C14H14N4O3. The number of nitrogens with zero attached hydrogens (tertiary/aromatic N) is 2. The molecule has 21 heavy (non-hydrogen) atoms. The van der Waals surface area contributed by atoms with Crippen LogP contribution in [0.5, 0.6) is 11.6 Å². The molecule has 1 heterocycles. The molecule has 0 unspecified atom stereocenters. The minimum absolute atomic E-state index is 0.0756. The summed E-state index contributed by atoms with van der Waals surface area (Å²) in [7, 11) is 0. The Hall–Kier alpha value is -2.67. The predicted octanol–water partition coefficient (Wildman–Crippen LogP) is 2.56. The Kier molecular flexibility index (Phi) is 3.41. The van der Waals surface area contributed by atoms with Gasteiger partial charge in [-0.25, -0.2) is 5.84 Å². The highest BCUT2D eigenvalue weighted by Gasteiger charge is 2.19. The van der Waals surface area contributed by atoms with E-state index in [1.165, 1.54) is 23.3 Å². The molecule has 1 aromatic heterocycles. The van der Waals surface area contributed by atoms with E-state index < -0.39 is 4.92 Å². The van der Waals surface area contributed by atoms with Crippen LogP contribution in [0.4, 0.5) is 11.5 Å². The molecular weight excluding hydrogens is 272 g/mol. The first-order chi connectivity index (χ1) is 10.2. The minimum atomic E-state index is -0.532. The number of hydrogen-bond donors (Lipinski definition) is 2. The molecule has 1 aliphatic rings. The van der Waals surface area contributed by atoms with E-state index in [1.807, 2.05) is 12.1 Å². The molecule has 0 atom stereocenters. The molecule has 0 radical (unpaired) electrons. The molecule has 0 spiro atoms. The van der Waals surface area contributed by atoms with Crippen molar-refractivity contribution in [3.05, 3.63) is 51.6 Å². The number of benzene rings is 1. The van der Waals surface area contributed by atoms with Gasteiger partial charge in [0.25, 0.3) is 0 Å². The van der Waals surface area contributed by atoms with Crippen molar-refractivity contribution in [2.45, 2.75) is 19.3 Å². The van der Waals surface area contributed by atoms with Crippen LogP contribution in [-0.2, 0) is 12.8 Å². The number of nitrogens with two attached hydrogens (primary N) is 1. The molecule has 0 amide bonds. The van der Waals surface area contributed by atoms with E-state index in [4.69, 9.17) is 10.6 Å².